The topological polar surface area (TPSA) is 66.5 Å². The first-order valence-electron chi connectivity index (χ1n) is 8.22. The zero-order valence-corrected chi connectivity index (χ0v) is 14.3. The van der Waals surface area contributed by atoms with Gasteiger partial charge in [-0.15, -0.1) is 0 Å². The van der Waals surface area contributed by atoms with Gasteiger partial charge in [0.25, 0.3) is 0 Å². The van der Waals surface area contributed by atoms with Crippen molar-refractivity contribution in [1.29, 1.82) is 0 Å². The van der Waals surface area contributed by atoms with Crippen LogP contribution in [0, 0.1) is 5.92 Å². The molecule has 1 aromatic rings. The van der Waals surface area contributed by atoms with Gasteiger partial charge in [-0.2, -0.15) is 0 Å². The molecule has 2 fully saturated rings. The Kier molecular flexibility index (Phi) is 4.73. The number of carbonyl (C=O) groups is 1. The lowest BCUT2D eigenvalue weighted by Crippen LogP contribution is -2.39. The van der Waals surface area contributed by atoms with Crippen molar-refractivity contribution in [2.45, 2.75) is 31.3 Å². The molecule has 5 nitrogen and oxygen atoms in total. The molecule has 126 valence electrons. The van der Waals surface area contributed by atoms with Crippen molar-refractivity contribution in [1.82, 2.24) is 10.2 Å². The van der Waals surface area contributed by atoms with E-state index in [9.17, 15) is 13.2 Å². The summed E-state index contributed by atoms with van der Waals surface area (Å²) in [7, 11) is -3.04. The van der Waals surface area contributed by atoms with E-state index >= 15 is 0 Å². The molecule has 0 spiro atoms. The highest BCUT2D eigenvalue weighted by molar-refractivity contribution is 7.90. The van der Waals surface area contributed by atoms with Crippen molar-refractivity contribution >= 4 is 15.7 Å². The van der Waals surface area contributed by atoms with E-state index in [1.165, 1.54) is 11.8 Å². The second kappa shape index (κ2) is 6.61. The predicted octanol–water partition coefficient (Wildman–Crippen LogP) is 1.37. The molecule has 2 heterocycles. The van der Waals surface area contributed by atoms with E-state index in [0.717, 1.165) is 25.8 Å². The number of carbonyl (C=O) groups excluding carboxylic acids is 1. The van der Waals surface area contributed by atoms with Crippen LogP contribution in [0.15, 0.2) is 30.3 Å². The van der Waals surface area contributed by atoms with Gasteiger partial charge in [0.2, 0.25) is 5.91 Å². The molecule has 1 N–H and O–H groups in total. The molecule has 3 atom stereocenters. The molecule has 23 heavy (non-hydrogen) atoms. The number of hydrogen-bond donors (Lipinski definition) is 1. The summed E-state index contributed by atoms with van der Waals surface area (Å²) in [4.78, 5) is 15.0. The van der Waals surface area contributed by atoms with Crippen molar-refractivity contribution in [2.75, 3.05) is 25.1 Å². The number of hydrogen-bond acceptors (Lipinski definition) is 4. The fraction of sp³-hybridized carbons (Fsp3) is 0.588. The Morgan fingerprint density at radius 3 is 2.74 bits per heavy atom. The highest BCUT2D eigenvalue weighted by Crippen LogP contribution is 2.44. The zero-order chi connectivity index (χ0) is 16.4. The fourth-order valence-corrected chi connectivity index (χ4v) is 4.42. The molecule has 1 amide bonds. The Labute approximate surface area is 138 Å². The number of amides is 1. The van der Waals surface area contributed by atoms with Gasteiger partial charge in [0.1, 0.15) is 9.84 Å². The Morgan fingerprint density at radius 2 is 2.04 bits per heavy atom. The maximum atomic E-state index is 12.5. The van der Waals surface area contributed by atoms with Gasteiger partial charge in [0.15, 0.2) is 0 Å². The third-order valence-electron chi connectivity index (χ3n) is 4.98. The molecule has 0 aliphatic carbocycles. The molecule has 3 rings (SSSR count). The molecule has 6 heteroatoms. The van der Waals surface area contributed by atoms with E-state index in [1.807, 2.05) is 18.2 Å². The third kappa shape index (κ3) is 3.75. The van der Waals surface area contributed by atoms with Crippen LogP contribution in [0.4, 0.5) is 0 Å². The number of sulfone groups is 1. The normalized spacial score (nSPS) is 27.8. The van der Waals surface area contributed by atoms with Gasteiger partial charge in [-0.3, -0.25) is 9.69 Å². The first-order chi connectivity index (χ1) is 11.0. The zero-order valence-electron chi connectivity index (χ0n) is 13.4. The summed E-state index contributed by atoms with van der Waals surface area (Å²) < 4.78 is 22.4. The van der Waals surface area contributed by atoms with Crippen LogP contribution in [0.5, 0.6) is 0 Å². The van der Waals surface area contributed by atoms with Crippen molar-refractivity contribution in [3.05, 3.63) is 35.9 Å². The van der Waals surface area contributed by atoms with Crippen molar-refractivity contribution in [3.63, 3.8) is 0 Å². The van der Waals surface area contributed by atoms with Crippen molar-refractivity contribution in [3.8, 4) is 0 Å². The maximum absolute atomic E-state index is 12.5. The predicted molar refractivity (Wildman–Crippen MR) is 89.7 cm³/mol. The average Bonchev–Trinajstić information content (AvgIpc) is 3.08. The second-order valence-electron chi connectivity index (χ2n) is 6.64. The lowest BCUT2D eigenvalue weighted by molar-refractivity contribution is -0.125. The average molecular weight is 336 g/mol. The molecular formula is C17H24N2O3S. The van der Waals surface area contributed by atoms with Crippen LogP contribution < -0.4 is 5.32 Å². The van der Waals surface area contributed by atoms with Gasteiger partial charge in [-0.05, 0) is 31.4 Å². The minimum Gasteiger partial charge on any atom is -0.355 e. The van der Waals surface area contributed by atoms with Gasteiger partial charge in [0.05, 0.1) is 11.7 Å². The Bertz CT molecular complexity index is 660. The van der Waals surface area contributed by atoms with Gasteiger partial charge in [-0.25, -0.2) is 8.42 Å². The summed E-state index contributed by atoms with van der Waals surface area (Å²) in [6.07, 6.45) is 4.19. The van der Waals surface area contributed by atoms with Gasteiger partial charge < -0.3 is 5.32 Å². The number of benzene rings is 1. The molecule has 1 aromatic carbocycles. The van der Waals surface area contributed by atoms with Gasteiger partial charge in [-0.1, -0.05) is 30.3 Å². The monoisotopic (exact) mass is 336 g/mol. The summed E-state index contributed by atoms with van der Waals surface area (Å²) in [5.74, 6) is -0.0339. The van der Waals surface area contributed by atoms with Crippen LogP contribution in [0.3, 0.4) is 0 Å². The first kappa shape index (κ1) is 16.5. The lowest BCUT2D eigenvalue weighted by Gasteiger charge is -2.24. The smallest absolute Gasteiger partial charge is 0.224 e. The fourth-order valence-electron chi connectivity index (χ4n) is 3.94. The summed E-state index contributed by atoms with van der Waals surface area (Å²) in [6, 6.07) is 10.9. The molecule has 0 bridgehead atoms. The summed E-state index contributed by atoms with van der Waals surface area (Å²) in [5, 5.41) is 2.82. The number of nitrogens with zero attached hydrogens (tertiary/aromatic N) is 1. The molecule has 0 aromatic heterocycles. The van der Waals surface area contributed by atoms with Crippen LogP contribution in [-0.4, -0.2) is 50.4 Å². The van der Waals surface area contributed by atoms with Crippen LogP contribution in [0.25, 0.3) is 0 Å². The van der Waals surface area contributed by atoms with Gasteiger partial charge >= 0.3 is 0 Å². The van der Waals surface area contributed by atoms with E-state index in [0.29, 0.717) is 12.1 Å². The SMILES string of the molecule is CS(=O)(=O)CCNC(=O)[C@@H]1C[C@H](c2ccccc2)N2CCC[C@@H]12. The maximum Gasteiger partial charge on any atom is 0.224 e. The minimum absolute atomic E-state index is 0.00194. The van der Waals surface area contributed by atoms with E-state index in [-0.39, 0.29) is 24.1 Å². The van der Waals surface area contributed by atoms with Crippen LogP contribution >= 0.6 is 0 Å². The van der Waals surface area contributed by atoms with Crippen LogP contribution in [0.1, 0.15) is 30.9 Å². The lowest BCUT2D eigenvalue weighted by atomic mass is 9.93. The van der Waals surface area contributed by atoms with E-state index in [2.05, 4.69) is 22.3 Å². The first-order valence-corrected chi connectivity index (χ1v) is 10.3. The van der Waals surface area contributed by atoms with E-state index in [4.69, 9.17) is 0 Å². The highest BCUT2D eigenvalue weighted by Gasteiger charge is 2.46. The van der Waals surface area contributed by atoms with Crippen molar-refractivity contribution in [2.24, 2.45) is 5.92 Å². The number of fused-ring (bicyclic) bond motifs is 1. The Morgan fingerprint density at radius 1 is 1.30 bits per heavy atom. The molecule has 0 radical (unpaired) electrons. The highest BCUT2D eigenvalue weighted by atomic mass is 32.2. The van der Waals surface area contributed by atoms with Gasteiger partial charge in [0, 0.05) is 24.9 Å². The number of nitrogens with one attached hydrogen (secondary N) is 1. The standard InChI is InChI=1S/C17H24N2O3S/c1-23(21,22)11-9-18-17(20)14-12-16(13-6-3-2-4-7-13)19-10-5-8-15(14)19/h2-4,6-7,14-16H,5,8-12H2,1H3,(H,18,20)/t14-,15+,16-/m1/s1. The largest absolute Gasteiger partial charge is 0.355 e. The summed E-state index contributed by atoms with van der Waals surface area (Å²) in [5.41, 5.74) is 1.27. The third-order valence-corrected chi connectivity index (χ3v) is 5.92. The molecule has 2 aliphatic heterocycles. The van der Waals surface area contributed by atoms with E-state index < -0.39 is 9.84 Å². The van der Waals surface area contributed by atoms with Crippen molar-refractivity contribution < 1.29 is 13.2 Å². The molecule has 2 saturated heterocycles. The van der Waals surface area contributed by atoms with Crippen LogP contribution in [-0.2, 0) is 14.6 Å². The number of rotatable bonds is 5. The molecule has 0 saturated carbocycles. The molecular weight excluding hydrogens is 312 g/mol. The molecule has 2 aliphatic rings. The quantitative estimate of drug-likeness (QED) is 0.882. The minimum atomic E-state index is -3.04. The van der Waals surface area contributed by atoms with Crippen LogP contribution in [0.2, 0.25) is 0 Å². The Hall–Kier alpha value is -1.40. The van der Waals surface area contributed by atoms with E-state index in [1.54, 1.807) is 0 Å². The molecule has 0 unspecified atom stereocenters. The Balaban J connectivity index is 1.67. The summed E-state index contributed by atoms with van der Waals surface area (Å²) >= 11 is 0. The summed E-state index contributed by atoms with van der Waals surface area (Å²) in [6.45, 7) is 1.24. The second-order valence-corrected chi connectivity index (χ2v) is 8.90.